The molecule has 0 saturated carbocycles. The van der Waals surface area contributed by atoms with Gasteiger partial charge in [-0.2, -0.15) is 0 Å². The Bertz CT molecular complexity index is 1850. The first-order chi connectivity index (χ1) is 45.1. The second kappa shape index (κ2) is 64.4. The van der Waals surface area contributed by atoms with Crippen molar-refractivity contribution in [3.05, 3.63) is 0 Å². The summed E-state index contributed by atoms with van der Waals surface area (Å²) in [5, 5.41) is 10.6. The first kappa shape index (κ1) is 92.1. The van der Waals surface area contributed by atoms with E-state index in [1.165, 1.54) is 167 Å². The van der Waals surface area contributed by atoms with Gasteiger partial charge in [-0.1, -0.05) is 325 Å². The molecule has 3 N–H and O–H groups in total. The molecule has 0 aliphatic carbocycles. The van der Waals surface area contributed by atoms with Crippen molar-refractivity contribution in [2.45, 2.75) is 395 Å². The lowest BCUT2D eigenvalue weighted by molar-refractivity contribution is -0.161. The minimum absolute atomic E-state index is 0.106. The van der Waals surface area contributed by atoms with Crippen molar-refractivity contribution in [2.24, 2.45) is 23.7 Å². The van der Waals surface area contributed by atoms with Crippen molar-refractivity contribution in [1.82, 2.24) is 0 Å². The first-order valence-electron chi connectivity index (χ1n) is 38.7. The molecule has 0 aliphatic rings. The van der Waals surface area contributed by atoms with Gasteiger partial charge in [-0.3, -0.25) is 37.3 Å². The summed E-state index contributed by atoms with van der Waals surface area (Å²) in [5.41, 5.74) is 0. The number of aliphatic hydroxyl groups excluding tert-OH is 1. The molecule has 4 unspecified atom stereocenters. The fraction of sp³-hybridized carbons (Fsp3) is 0.947. The number of phosphoric ester groups is 2. The number of aliphatic hydroxyl groups is 1. The number of carbonyl (C=O) groups excluding carboxylic acids is 4. The van der Waals surface area contributed by atoms with Gasteiger partial charge in [0, 0.05) is 25.7 Å². The zero-order valence-corrected chi connectivity index (χ0v) is 63.4. The highest BCUT2D eigenvalue weighted by Gasteiger charge is 2.30. The van der Waals surface area contributed by atoms with E-state index >= 15 is 0 Å². The molecular formula is C75H146O17P2. The quantitative estimate of drug-likeness (QED) is 0.0222. The van der Waals surface area contributed by atoms with Crippen LogP contribution in [0.25, 0.3) is 0 Å². The van der Waals surface area contributed by atoms with Crippen molar-refractivity contribution < 1.29 is 80.2 Å². The van der Waals surface area contributed by atoms with Gasteiger partial charge in [0.1, 0.15) is 19.3 Å². The Balaban J connectivity index is 5.22. The zero-order chi connectivity index (χ0) is 69.6. The van der Waals surface area contributed by atoms with Crippen LogP contribution in [0.2, 0.25) is 0 Å². The van der Waals surface area contributed by atoms with Gasteiger partial charge < -0.3 is 33.8 Å². The van der Waals surface area contributed by atoms with Gasteiger partial charge in [0.2, 0.25) is 0 Å². The topological polar surface area (TPSA) is 237 Å². The fourth-order valence-electron chi connectivity index (χ4n) is 11.3. The Morgan fingerprint density at radius 1 is 0.298 bits per heavy atom. The van der Waals surface area contributed by atoms with Gasteiger partial charge in [0.15, 0.2) is 12.2 Å². The van der Waals surface area contributed by atoms with Crippen molar-refractivity contribution in [1.29, 1.82) is 0 Å². The van der Waals surface area contributed by atoms with Crippen LogP contribution in [0.3, 0.4) is 0 Å². The maximum Gasteiger partial charge on any atom is 0.472 e. The second-order valence-electron chi connectivity index (χ2n) is 28.7. The molecule has 0 spiro atoms. The summed E-state index contributed by atoms with van der Waals surface area (Å²) in [6.45, 7) is 14.1. The van der Waals surface area contributed by atoms with Crippen molar-refractivity contribution in [2.75, 3.05) is 39.6 Å². The van der Waals surface area contributed by atoms with E-state index in [2.05, 4.69) is 55.4 Å². The van der Waals surface area contributed by atoms with Crippen LogP contribution in [0.1, 0.15) is 376 Å². The average molecular weight is 1380 g/mol. The summed E-state index contributed by atoms with van der Waals surface area (Å²) in [4.78, 5) is 72.7. The molecule has 0 aromatic rings. The Hall–Kier alpha value is -1.94. The van der Waals surface area contributed by atoms with Gasteiger partial charge in [-0.05, 0) is 49.4 Å². The molecule has 0 aromatic carbocycles. The van der Waals surface area contributed by atoms with Crippen LogP contribution in [0, 0.1) is 23.7 Å². The number of esters is 4. The Morgan fingerprint density at radius 2 is 0.511 bits per heavy atom. The Kier molecular flexibility index (Phi) is 63.1. The van der Waals surface area contributed by atoms with Crippen molar-refractivity contribution >= 4 is 39.5 Å². The summed E-state index contributed by atoms with van der Waals surface area (Å²) < 4.78 is 68.5. The molecular weight excluding hydrogens is 1230 g/mol. The lowest BCUT2D eigenvalue weighted by atomic mass is 10.00. The van der Waals surface area contributed by atoms with E-state index in [9.17, 15) is 43.2 Å². The highest BCUT2D eigenvalue weighted by atomic mass is 31.2. The number of unbranched alkanes of at least 4 members (excludes halogenated alkanes) is 37. The summed E-state index contributed by atoms with van der Waals surface area (Å²) in [7, 11) is -9.91. The fourth-order valence-corrected chi connectivity index (χ4v) is 12.9. The Morgan fingerprint density at radius 3 is 0.755 bits per heavy atom. The predicted octanol–water partition coefficient (Wildman–Crippen LogP) is 21.7. The molecule has 17 nitrogen and oxygen atoms in total. The van der Waals surface area contributed by atoms with Crippen LogP contribution in [0.15, 0.2) is 0 Å². The van der Waals surface area contributed by atoms with E-state index in [0.717, 1.165) is 120 Å². The molecule has 0 bridgehead atoms. The maximum atomic E-state index is 13.1. The molecule has 0 aromatic heterocycles. The number of hydrogen-bond donors (Lipinski definition) is 3. The van der Waals surface area contributed by atoms with Gasteiger partial charge in [0.05, 0.1) is 26.4 Å². The molecule has 0 heterocycles. The third kappa shape index (κ3) is 67.3. The van der Waals surface area contributed by atoms with E-state index in [-0.39, 0.29) is 25.7 Å². The first-order valence-corrected chi connectivity index (χ1v) is 41.7. The molecule has 94 heavy (non-hydrogen) atoms. The van der Waals surface area contributed by atoms with Gasteiger partial charge in [-0.25, -0.2) is 9.13 Å². The highest BCUT2D eigenvalue weighted by molar-refractivity contribution is 7.47. The minimum atomic E-state index is -4.96. The number of carbonyl (C=O) groups is 4. The number of phosphoric acid groups is 2. The van der Waals surface area contributed by atoms with Crippen LogP contribution in [0.5, 0.6) is 0 Å². The summed E-state index contributed by atoms with van der Waals surface area (Å²) in [5.74, 6) is 0.902. The highest BCUT2D eigenvalue weighted by Crippen LogP contribution is 2.45. The third-order valence-corrected chi connectivity index (χ3v) is 19.6. The number of hydrogen-bond acceptors (Lipinski definition) is 15. The van der Waals surface area contributed by atoms with Crippen LogP contribution < -0.4 is 0 Å². The number of ether oxygens (including phenoxy) is 4. The van der Waals surface area contributed by atoms with Gasteiger partial charge in [0.25, 0.3) is 0 Å². The summed E-state index contributed by atoms with van der Waals surface area (Å²) >= 11 is 0. The van der Waals surface area contributed by atoms with Crippen molar-refractivity contribution in [3.8, 4) is 0 Å². The summed E-state index contributed by atoms with van der Waals surface area (Å²) in [6.07, 6.45) is 48.7. The molecule has 6 atom stereocenters. The second-order valence-corrected chi connectivity index (χ2v) is 31.6. The van der Waals surface area contributed by atoms with Crippen molar-refractivity contribution in [3.63, 3.8) is 0 Å². The molecule has 19 heteroatoms. The number of rotatable bonds is 72. The van der Waals surface area contributed by atoms with E-state index in [0.29, 0.717) is 31.6 Å². The van der Waals surface area contributed by atoms with Gasteiger partial charge >= 0.3 is 39.5 Å². The Labute approximate surface area is 575 Å². The minimum Gasteiger partial charge on any atom is -0.462 e. The molecule has 0 fully saturated rings. The molecule has 0 aliphatic heterocycles. The van der Waals surface area contributed by atoms with Crippen LogP contribution in [0.4, 0.5) is 0 Å². The largest absolute Gasteiger partial charge is 0.472 e. The maximum absolute atomic E-state index is 13.1. The third-order valence-electron chi connectivity index (χ3n) is 17.7. The standard InChI is InChI=1S/C75H146O17P2/c1-9-68(8)54-46-38-33-34-40-48-56-73(78)86-62-71(92-75(80)58-50-42-31-25-21-17-13-11-15-19-23-28-36-44-52-66(4)5)64-90-94(83,84)88-60-69(76)59-87-93(81,82)89-63-70(61-85-72(77)55-47-39-32-26-29-37-45-53-67(6)7)91-74(79)57-49-41-30-24-20-16-12-10-14-18-22-27-35-43-51-65(2)3/h65-71,76H,9-64H2,1-8H3,(H,81,82)(H,83,84)/t68?,69?,70-,71-/m1/s1. The molecule has 0 rings (SSSR count). The van der Waals surface area contributed by atoms with E-state index in [1.807, 2.05) is 0 Å². The lowest BCUT2D eigenvalue weighted by Crippen LogP contribution is -2.30. The molecule has 558 valence electrons. The molecule has 0 saturated heterocycles. The summed E-state index contributed by atoms with van der Waals surface area (Å²) in [6, 6.07) is 0. The van der Waals surface area contributed by atoms with E-state index in [1.54, 1.807) is 0 Å². The monoisotopic (exact) mass is 1380 g/mol. The van der Waals surface area contributed by atoms with Crippen LogP contribution in [-0.2, 0) is 65.4 Å². The zero-order valence-electron chi connectivity index (χ0n) is 61.6. The van der Waals surface area contributed by atoms with Crippen LogP contribution in [-0.4, -0.2) is 96.7 Å². The molecule has 0 amide bonds. The van der Waals surface area contributed by atoms with E-state index in [4.69, 9.17) is 37.0 Å². The van der Waals surface area contributed by atoms with Gasteiger partial charge in [-0.15, -0.1) is 0 Å². The lowest BCUT2D eigenvalue weighted by Gasteiger charge is -2.21. The van der Waals surface area contributed by atoms with E-state index < -0.39 is 97.5 Å². The normalized spacial score (nSPS) is 14.4. The van der Waals surface area contributed by atoms with Crippen LogP contribution >= 0.6 is 15.6 Å². The SMILES string of the molecule is CCC(C)CCCCCCCCC(=O)OC[C@H](COP(=O)(O)OCC(O)COP(=O)(O)OC[C@@H](COC(=O)CCCCCCCCCC(C)C)OC(=O)CCCCCCCCCCCCCCCCC(C)C)OC(=O)CCCCCCCCCCCCCCCCC(C)C. The average Bonchev–Trinajstić information content (AvgIpc) is 1.23. The molecule has 0 radical (unpaired) electrons. The smallest absolute Gasteiger partial charge is 0.462 e. The predicted molar refractivity (Wildman–Crippen MR) is 381 cm³/mol.